The first-order valence-corrected chi connectivity index (χ1v) is 9.71. The number of aryl methyl sites for hydroxylation is 3. The van der Waals surface area contributed by atoms with Crippen LogP contribution in [-0.2, 0) is 13.2 Å². The summed E-state index contributed by atoms with van der Waals surface area (Å²) in [6, 6.07) is 19.0. The number of ether oxygens (including phenoxy) is 1. The summed E-state index contributed by atoms with van der Waals surface area (Å²) in [7, 11) is 0. The lowest BCUT2D eigenvalue weighted by atomic mass is 10.1. The number of fused-ring (bicyclic) bond motifs is 1. The highest BCUT2D eigenvalue weighted by atomic mass is 16.5. The third kappa shape index (κ3) is 3.53. The van der Waals surface area contributed by atoms with Crippen LogP contribution in [0.1, 0.15) is 33.6 Å². The monoisotopic (exact) mass is 370 g/mol. The van der Waals surface area contributed by atoms with Gasteiger partial charge in [0.25, 0.3) is 0 Å². The zero-order chi connectivity index (χ0) is 19.7. The molecule has 0 radical (unpaired) electrons. The zero-order valence-corrected chi connectivity index (χ0v) is 17.0. The molecule has 28 heavy (non-hydrogen) atoms. The van der Waals surface area contributed by atoms with Crippen LogP contribution < -0.4 is 4.74 Å². The molecule has 142 valence electrons. The summed E-state index contributed by atoms with van der Waals surface area (Å²) in [6.07, 6.45) is 1.89. The maximum Gasteiger partial charge on any atom is 0.132 e. The van der Waals surface area contributed by atoms with Crippen LogP contribution in [-0.4, -0.2) is 9.55 Å². The van der Waals surface area contributed by atoms with Gasteiger partial charge in [-0.05, 0) is 57.0 Å². The largest absolute Gasteiger partial charge is 0.487 e. The minimum Gasteiger partial charge on any atom is -0.487 e. The molecule has 0 amide bonds. The maximum atomic E-state index is 6.05. The van der Waals surface area contributed by atoms with Crippen molar-refractivity contribution in [2.45, 2.75) is 40.8 Å². The number of pyridine rings is 1. The van der Waals surface area contributed by atoms with Gasteiger partial charge >= 0.3 is 0 Å². The Balaban J connectivity index is 1.72. The molecule has 2 aromatic carbocycles. The van der Waals surface area contributed by atoms with E-state index in [-0.39, 0.29) is 0 Å². The van der Waals surface area contributed by atoms with Crippen molar-refractivity contribution in [2.24, 2.45) is 0 Å². The molecule has 4 aromatic rings. The second kappa shape index (κ2) is 7.51. The fourth-order valence-electron chi connectivity index (χ4n) is 3.75. The molecule has 0 fully saturated rings. The van der Waals surface area contributed by atoms with E-state index in [1.165, 1.54) is 38.9 Å². The number of hydrogen-bond donors (Lipinski definition) is 0. The molecule has 3 nitrogen and oxygen atoms in total. The second-order valence-corrected chi connectivity index (χ2v) is 7.54. The van der Waals surface area contributed by atoms with Crippen molar-refractivity contribution in [1.29, 1.82) is 0 Å². The molecule has 4 rings (SSSR count). The van der Waals surface area contributed by atoms with Gasteiger partial charge in [0, 0.05) is 23.8 Å². The van der Waals surface area contributed by atoms with E-state index in [0.717, 1.165) is 18.0 Å². The highest BCUT2D eigenvalue weighted by Gasteiger charge is 2.16. The summed E-state index contributed by atoms with van der Waals surface area (Å²) in [4.78, 5) is 4.67. The lowest BCUT2D eigenvalue weighted by molar-refractivity contribution is 0.302. The summed E-state index contributed by atoms with van der Waals surface area (Å²) >= 11 is 0. The van der Waals surface area contributed by atoms with E-state index in [9.17, 15) is 0 Å². The predicted octanol–water partition coefficient (Wildman–Crippen LogP) is 5.90. The molecule has 0 aliphatic carbocycles. The lowest BCUT2D eigenvalue weighted by Crippen LogP contribution is -2.06. The Morgan fingerprint density at radius 3 is 2.43 bits per heavy atom. The lowest BCUT2D eigenvalue weighted by Gasteiger charge is -2.13. The molecular formula is C25H26N2O. The van der Waals surface area contributed by atoms with E-state index < -0.39 is 0 Å². The fraction of sp³-hybridized carbons (Fsp3) is 0.240. The molecule has 0 saturated carbocycles. The molecule has 2 aromatic heterocycles. The number of rotatable bonds is 5. The second-order valence-electron chi connectivity index (χ2n) is 7.54. The molecule has 0 aliphatic heterocycles. The van der Waals surface area contributed by atoms with Crippen LogP contribution >= 0.6 is 0 Å². The van der Waals surface area contributed by atoms with E-state index in [4.69, 9.17) is 4.74 Å². The van der Waals surface area contributed by atoms with Gasteiger partial charge in [0.15, 0.2) is 0 Å². The topological polar surface area (TPSA) is 27.1 Å². The van der Waals surface area contributed by atoms with E-state index >= 15 is 0 Å². The summed E-state index contributed by atoms with van der Waals surface area (Å²) in [5.74, 6) is 0.870. The molecule has 0 N–H and O–H groups in total. The van der Waals surface area contributed by atoms with Crippen molar-refractivity contribution in [3.8, 4) is 5.75 Å². The van der Waals surface area contributed by atoms with Gasteiger partial charge in [-0.1, -0.05) is 47.5 Å². The average molecular weight is 370 g/mol. The van der Waals surface area contributed by atoms with Crippen molar-refractivity contribution in [3.05, 3.63) is 94.4 Å². The summed E-state index contributed by atoms with van der Waals surface area (Å²) in [6.45, 7) is 9.89. The SMILES string of the molecule is Cc1ccc(OCc2nccc3c(C)c(C)n(Cc4cccc(C)c4)c23)cc1. The van der Waals surface area contributed by atoms with Crippen molar-refractivity contribution in [2.75, 3.05) is 0 Å². The average Bonchev–Trinajstić information content (AvgIpc) is 2.93. The first kappa shape index (κ1) is 18.3. The summed E-state index contributed by atoms with van der Waals surface area (Å²) in [5, 5.41) is 1.25. The highest BCUT2D eigenvalue weighted by molar-refractivity contribution is 5.87. The molecule has 0 bridgehead atoms. The van der Waals surface area contributed by atoms with Crippen LogP contribution in [0.25, 0.3) is 10.9 Å². The van der Waals surface area contributed by atoms with Crippen LogP contribution in [0.4, 0.5) is 0 Å². The molecule has 3 heteroatoms. The van der Waals surface area contributed by atoms with Gasteiger partial charge in [-0.15, -0.1) is 0 Å². The van der Waals surface area contributed by atoms with Gasteiger partial charge in [0.1, 0.15) is 18.1 Å². The van der Waals surface area contributed by atoms with Crippen LogP contribution in [0, 0.1) is 27.7 Å². The Kier molecular flexibility index (Phi) is 4.91. The third-order valence-electron chi connectivity index (χ3n) is 5.44. The van der Waals surface area contributed by atoms with Crippen LogP contribution in [0.15, 0.2) is 60.8 Å². The molecule has 0 unspecified atom stereocenters. The van der Waals surface area contributed by atoms with Crippen LogP contribution in [0.3, 0.4) is 0 Å². The van der Waals surface area contributed by atoms with E-state index in [2.05, 4.69) is 79.7 Å². The quantitative estimate of drug-likeness (QED) is 0.437. The Bertz CT molecular complexity index is 1120. The molecule has 2 heterocycles. The van der Waals surface area contributed by atoms with Crippen molar-refractivity contribution < 1.29 is 4.74 Å². The fourth-order valence-corrected chi connectivity index (χ4v) is 3.75. The molecule has 0 aliphatic rings. The van der Waals surface area contributed by atoms with Gasteiger partial charge in [-0.3, -0.25) is 4.98 Å². The van der Waals surface area contributed by atoms with Gasteiger partial charge < -0.3 is 9.30 Å². The first-order chi connectivity index (χ1) is 13.5. The Morgan fingerprint density at radius 1 is 0.893 bits per heavy atom. The highest BCUT2D eigenvalue weighted by Crippen LogP contribution is 2.28. The maximum absolute atomic E-state index is 6.05. The first-order valence-electron chi connectivity index (χ1n) is 9.71. The van der Waals surface area contributed by atoms with Crippen molar-refractivity contribution >= 4 is 10.9 Å². The minimum absolute atomic E-state index is 0.455. The molecule has 0 atom stereocenters. The smallest absolute Gasteiger partial charge is 0.132 e. The molecular weight excluding hydrogens is 344 g/mol. The van der Waals surface area contributed by atoms with Gasteiger partial charge in [0.2, 0.25) is 0 Å². The van der Waals surface area contributed by atoms with Crippen molar-refractivity contribution in [1.82, 2.24) is 9.55 Å². The van der Waals surface area contributed by atoms with E-state index in [1.54, 1.807) is 0 Å². The van der Waals surface area contributed by atoms with E-state index in [1.807, 2.05) is 18.3 Å². The Hall–Kier alpha value is -3.07. The Morgan fingerprint density at radius 2 is 1.68 bits per heavy atom. The zero-order valence-electron chi connectivity index (χ0n) is 17.0. The molecule has 0 spiro atoms. The van der Waals surface area contributed by atoms with Gasteiger partial charge in [-0.25, -0.2) is 0 Å². The van der Waals surface area contributed by atoms with Crippen LogP contribution in [0.2, 0.25) is 0 Å². The standard InChI is InChI=1S/C25H26N2O/c1-17-8-10-22(11-9-17)28-16-24-25-23(12-13-26-24)19(3)20(4)27(25)15-21-7-5-6-18(2)14-21/h5-14H,15-16H2,1-4H3. The number of hydrogen-bond acceptors (Lipinski definition) is 2. The number of benzene rings is 2. The van der Waals surface area contributed by atoms with E-state index in [0.29, 0.717) is 6.61 Å². The normalized spacial score (nSPS) is 11.1. The minimum atomic E-state index is 0.455. The van der Waals surface area contributed by atoms with Gasteiger partial charge in [-0.2, -0.15) is 0 Å². The summed E-state index contributed by atoms with van der Waals surface area (Å²) < 4.78 is 8.43. The number of nitrogens with zero attached hydrogens (tertiary/aromatic N) is 2. The third-order valence-corrected chi connectivity index (χ3v) is 5.44. The Labute approximate surface area is 166 Å². The van der Waals surface area contributed by atoms with Crippen LogP contribution in [0.5, 0.6) is 5.75 Å². The van der Waals surface area contributed by atoms with Crippen molar-refractivity contribution in [3.63, 3.8) is 0 Å². The number of aromatic nitrogens is 2. The van der Waals surface area contributed by atoms with Gasteiger partial charge in [0.05, 0.1) is 5.52 Å². The summed E-state index contributed by atoms with van der Waals surface area (Å²) in [5.41, 5.74) is 8.54. The predicted molar refractivity (Wildman–Crippen MR) is 115 cm³/mol. The molecule has 0 saturated heterocycles.